The van der Waals surface area contributed by atoms with E-state index >= 15 is 0 Å². The monoisotopic (exact) mass is 362 g/mol. The van der Waals surface area contributed by atoms with Crippen LogP contribution in [-0.4, -0.2) is 31.7 Å². The minimum absolute atomic E-state index is 0.129. The number of carbonyl (C=O) groups is 1. The van der Waals surface area contributed by atoms with Crippen LogP contribution in [0.15, 0.2) is 48.5 Å². The molecule has 0 fully saturated rings. The number of carbonyl (C=O) groups excluding carboxylic acids is 1. The molecule has 7 heteroatoms. The standard InChI is InChI=1S/C20H18N4O3/c1-11(2)27-20(26)16-17-19(23-15-6-4-3-5-14(15)22-17)24(18(16)21)12-7-9-13(25)10-8-12/h3-11,25H,21H2,1-2H3. The van der Waals surface area contributed by atoms with Crippen molar-refractivity contribution in [1.82, 2.24) is 14.5 Å². The van der Waals surface area contributed by atoms with Gasteiger partial charge < -0.3 is 15.6 Å². The van der Waals surface area contributed by atoms with E-state index in [-0.39, 0.29) is 23.2 Å². The Kier molecular flexibility index (Phi) is 3.92. The number of nitrogen functional groups attached to an aromatic ring is 1. The van der Waals surface area contributed by atoms with Gasteiger partial charge in [0.2, 0.25) is 0 Å². The number of hydrogen-bond acceptors (Lipinski definition) is 6. The molecule has 0 saturated carbocycles. The lowest BCUT2D eigenvalue weighted by Gasteiger charge is -2.09. The Hall–Kier alpha value is -3.61. The zero-order valence-electron chi connectivity index (χ0n) is 14.9. The maximum atomic E-state index is 12.7. The first kappa shape index (κ1) is 16.8. The Bertz CT molecular complexity index is 1160. The quantitative estimate of drug-likeness (QED) is 0.541. The van der Waals surface area contributed by atoms with Crippen molar-refractivity contribution in [2.24, 2.45) is 0 Å². The summed E-state index contributed by atoms with van der Waals surface area (Å²) in [6.45, 7) is 3.54. The molecule has 0 amide bonds. The number of esters is 1. The van der Waals surface area contributed by atoms with E-state index in [4.69, 9.17) is 10.5 Å². The van der Waals surface area contributed by atoms with Crippen molar-refractivity contribution in [2.45, 2.75) is 20.0 Å². The predicted molar refractivity (Wildman–Crippen MR) is 103 cm³/mol. The third-order valence-electron chi connectivity index (χ3n) is 4.15. The molecule has 4 rings (SSSR count). The van der Waals surface area contributed by atoms with Crippen LogP contribution in [0.1, 0.15) is 24.2 Å². The fourth-order valence-corrected chi connectivity index (χ4v) is 3.00. The summed E-state index contributed by atoms with van der Waals surface area (Å²) in [4.78, 5) is 22.0. The number of benzene rings is 2. The van der Waals surface area contributed by atoms with Gasteiger partial charge in [0.05, 0.1) is 17.1 Å². The van der Waals surface area contributed by atoms with E-state index in [0.29, 0.717) is 27.9 Å². The number of fused-ring (bicyclic) bond motifs is 2. The van der Waals surface area contributed by atoms with Gasteiger partial charge in [0.1, 0.15) is 22.6 Å². The summed E-state index contributed by atoms with van der Waals surface area (Å²) >= 11 is 0. The molecular weight excluding hydrogens is 344 g/mol. The van der Waals surface area contributed by atoms with Crippen LogP contribution in [0.25, 0.3) is 27.9 Å². The zero-order chi connectivity index (χ0) is 19.1. The highest BCUT2D eigenvalue weighted by Gasteiger charge is 2.26. The van der Waals surface area contributed by atoms with E-state index in [1.165, 1.54) is 0 Å². The Morgan fingerprint density at radius 3 is 2.33 bits per heavy atom. The maximum Gasteiger partial charge on any atom is 0.344 e. The van der Waals surface area contributed by atoms with Gasteiger partial charge in [0.25, 0.3) is 0 Å². The number of aromatic nitrogens is 3. The van der Waals surface area contributed by atoms with Crippen LogP contribution in [0.2, 0.25) is 0 Å². The summed E-state index contributed by atoms with van der Waals surface area (Å²) in [6.07, 6.45) is -0.294. The highest BCUT2D eigenvalue weighted by atomic mass is 16.5. The lowest BCUT2D eigenvalue weighted by Crippen LogP contribution is -2.13. The number of hydrogen-bond donors (Lipinski definition) is 2. The molecule has 0 unspecified atom stereocenters. The minimum Gasteiger partial charge on any atom is -0.508 e. The molecule has 0 atom stereocenters. The molecular formula is C20H18N4O3. The van der Waals surface area contributed by atoms with E-state index < -0.39 is 5.97 Å². The second-order valence-electron chi connectivity index (χ2n) is 6.45. The summed E-state index contributed by atoms with van der Waals surface area (Å²) in [5, 5.41) is 9.58. The molecule has 2 heterocycles. The topological polar surface area (TPSA) is 103 Å². The second-order valence-corrected chi connectivity index (χ2v) is 6.45. The van der Waals surface area contributed by atoms with Crippen molar-refractivity contribution in [3.05, 3.63) is 54.1 Å². The fraction of sp³-hybridized carbons (Fsp3) is 0.150. The number of phenols is 1. The Balaban J connectivity index is 2.06. The maximum absolute atomic E-state index is 12.7. The van der Waals surface area contributed by atoms with Crippen molar-refractivity contribution in [3.63, 3.8) is 0 Å². The molecule has 27 heavy (non-hydrogen) atoms. The molecule has 136 valence electrons. The van der Waals surface area contributed by atoms with Gasteiger partial charge in [-0.15, -0.1) is 0 Å². The summed E-state index contributed by atoms with van der Waals surface area (Å²) in [5.74, 6) is -0.226. The third kappa shape index (κ3) is 2.83. The summed E-state index contributed by atoms with van der Waals surface area (Å²) < 4.78 is 7.01. The molecule has 0 aliphatic rings. The Morgan fingerprint density at radius 2 is 1.70 bits per heavy atom. The molecule has 0 aliphatic carbocycles. The van der Waals surface area contributed by atoms with E-state index in [2.05, 4.69) is 9.97 Å². The Labute approximate surface area is 155 Å². The predicted octanol–water partition coefficient (Wildman–Crippen LogP) is 3.43. The summed E-state index contributed by atoms with van der Waals surface area (Å²) in [5.41, 5.74) is 9.36. The van der Waals surface area contributed by atoms with Crippen LogP contribution in [0, 0.1) is 0 Å². The van der Waals surface area contributed by atoms with Crippen molar-refractivity contribution in [2.75, 3.05) is 5.73 Å². The molecule has 0 bridgehead atoms. The van der Waals surface area contributed by atoms with Gasteiger partial charge in [0.15, 0.2) is 5.65 Å². The number of nitrogens with two attached hydrogens (primary N) is 1. The highest BCUT2D eigenvalue weighted by Crippen LogP contribution is 2.32. The molecule has 2 aromatic heterocycles. The number of nitrogens with zero attached hydrogens (tertiary/aromatic N) is 3. The van der Waals surface area contributed by atoms with Crippen LogP contribution in [0.4, 0.5) is 5.82 Å². The Morgan fingerprint density at radius 1 is 1.07 bits per heavy atom. The molecule has 0 saturated heterocycles. The number of anilines is 1. The molecule has 0 radical (unpaired) electrons. The van der Waals surface area contributed by atoms with Crippen molar-refractivity contribution in [1.29, 1.82) is 0 Å². The van der Waals surface area contributed by atoms with E-state index in [0.717, 1.165) is 0 Å². The SMILES string of the molecule is CC(C)OC(=O)c1c(N)n(-c2ccc(O)cc2)c2nc3ccccc3nc12. The minimum atomic E-state index is -0.547. The van der Waals surface area contributed by atoms with Gasteiger partial charge in [-0.3, -0.25) is 4.57 Å². The van der Waals surface area contributed by atoms with Crippen LogP contribution >= 0.6 is 0 Å². The fourth-order valence-electron chi connectivity index (χ4n) is 3.00. The number of aromatic hydroxyl groups is 1. The zero-order valence-corrected chi connectivity index (χ0v) is 14.9. The van der Waals surface area contributed by atoms with Crippen LogP contribution < -0.4 is 5.73 Å². The van der Waals surface area contributed by atoms with E-state index in [1.807, 2.05) is 24.3 Å². The van der Waals surface area contributed by atoms with E-state index in [9.17, 15) is 9.90 Å². The number of phenolic OH excluding ortho intramolecular Hbond substituents is 1. The highest BCUT2D eigenvalue weighted by molar-refractivity contribution is 6.09. The van der Waals surface area contributed by atoms with Gasteiger partial charge in [-0.2, -0.15) is 0 Å². The lowest BCUT2D eigenvalue weighted by molar-refractivity contribution is 0.0381. The first-order valence-corrected chi connectivity index (χ1v) is 8.52. The van der Waals surface area contributed by atoms with Gasteiger partial charge >= 0.3 is 5.97 Å². The molecule has 2 aromatic carbocycles. The molecule has 4 aromatic rings. The van der Waals surface area contributed by atoms with E-state index in [1.54, 1.807) is 42.7 Å². The number of para-hydroxylation sites is 2. The molecule has 0 spiro atoms. The normalized spacial score (nSPS) is 11.4. The first-order chi connectivity index (χ1) is 13.0. The third-order valence-corrected chi connectivity index (χ3v) is 4.15. The van der Waals surface area contributed by atoms with Crippen LogP contribution in [0.5, 0.6) is 5.75 Å². The molecule has 3 N–H and O–H groups in total. The number of ether oxygens (including phenoxy) is 1. The van der Waals surface area contributed by atoms with Crippen molar-refractivity contribution in [3.8, 4) is 11.4 Å². The summed E-state index contributed by atoms with van der Waals surface area (Å²) in [7, 11) is 0. The van der Waals surface area contributed by atoms with Gasteiger partial charge in [-0.05, 0) is 50.2 Å². The smallest absolute Gasteiger partial charge is 0.344 e. The largest absolute Gasteiger partial charge is 0.508 e. The van der Waals surface area contributed by atoms with Crippen molar-refractivity contribution < 1.29 is 14.6 Å². The average Bonchev–Trinajstić information content (AvgIpc) is 2.91. The molecule has 0 aliphatic heterocycles. The van der Waals surface area contributed by atoms with Crippen LogP contribution in [0.3, 0.4) is 0 Å². The van der Waals surface area contributed by atoms with Gasteiger partial charge in [-0.25, -0.2) is 14.8 Å². The van der Waals surface area contributed by atoms with Gasteiger partial charge in [-0.1, -0.05) is 12.1 Å². The van der Waals surface area contributed by atoms with Crippen molar-refractivity contribution >= 4 is 34.0 Å². The molecule has 7 nitrogen and oxygen atoms in total. The first-order valence-electron chi connectivity index (χ1n) is 8.52. The van der Waals surface area contributed by atoms with Gasteiger partial charge in [0, 0.05) is 5.69 Å². The average molecular weight is 362 g/mol. The summed E-state index contributed by atoms with van der Waals surface area (Å²) in [6, 6.07) is 13.9. The van der Waals surface area contributed by atoms with Crippen LogP contribution in [-0.2, 0) is 4.74 Å². The second kappa shape index (κ2) is 6.28. The lowest BCUT2D eigenvalue weighted by atomic mass is 10.2. The number of rotatable bonds is 3.